The summed E-state index contributed by atoms with van der Waals surface area (Å²) in [6, 6.07) is 2.88. The fourth-order valence-corrected chi connectivity index (χ4v) is 1.67. The molecule has 0 aliphatic heterocycles. The highest BCUT2D eigenvalue weighted by Crippen LogP contribution is 2.33. The van der Waals surface area contributed by atoms with Gasteiger partial charge in [-0.25, -0.2) is 4.39 Å². The summed E-state index contributed by atoms with van der Waals surface area (Å²) in [7, 11) is -5.78. The van der Waals surface area contributed by atoms with Crippen molar-refractivity contribution in [3.05, 3.63) is 30.3 Å². The summed E-state index contributed by atoms with van der Waals surface area (Å²) in [5.74, 6) is -1.33. The first kappa shape index (κ1) is 12.7. The van der Waals surface area contributed by atoms with Gasteiger partial charge in [-0.2, -0.15) is 21.6 Å². The van der Waals surface area contributed by atoms with Crippen molar-refractivity contribution < 1.29 is 34.6 Å². The molecule has 1 aromatic heterocycles. The lowest BCUT2D eigenvalue weighted by Gasteiger charge is -2.07. The van der Waals surface area contributed by atoms with Crippen molar-refractivity contribution in [2.75, 3.05) is 0 Å². The summed E-state index contributed by atoms with van der Waals surface area (Å²) in [5.41, 5.74) is -5.67. The topological polar surface area (TPSA) is 56.5 Å². The Morgan fingerprint density at radius 3 is 2.50 bits per heavy atom. The van der Waals surface area contributed by atoms with E-state index in [1.165, 1.54) is 0 Å². The number of fused-ring (bicyclic) bond motifs is 1. The van der Waals surface area contributed by atoms with Crippen LogP contribution in [-0.2, 0) is 10.1 Å². The zero-order valence-corrected chi connectivity index (χ0v) is 9.18. The Kier molecular flexibility index (Phi) is 2.73. The van der Waals surface area contributed by atoms with Gasteiger partial charge in [0.2, 0.25) is 0 Å². The summed E-state index contributed by atoms with van der Waals surface area (Å²) in [6.45, 7) is 0. The summed E-state index contributed by atoms with van der Waals surface area (Å²) in [4.78, 5) is 0. The third-order valence-electron chi connectivity index (χ3n) is 1.99. The first-order chi connectivity index (χ1) is 8.21. The molecule has 9 heteroatoms. The summed E-state index contributed by atoms with van der Waals surface area (Å²) in [5, 5.41) is -0.0794. The van der Waals surface area contributed by atoms with Gasteiger partial charge in [0.15, 0.2) is 5.75 Å². The molecule has 0 atom stereocenters. The van der Waals surface area contributed by atoms with Crippen LogP contribution in [0, 0.1) is 5.82 Å². The average Bonchev–Trinajstić information content (AvgIpc) is 2.58. The molecule has 2 aromatic rings. The summed E-state index contributed by atoms with van der Waals surface area (Å²) < 4.78 is 79.1. The second-order valence-corrected chi connectivity index (χ2v) is 4.76. The SMILES string of the molecule is O=S(=O)(Oc1coc2cc(F)ccc12)C(F)(F)F. The standard InChI is InChI=1S/C9H4F4O4S/c10-5-1-2-6-7(3-5)16-4-8(6)17-18(14,15)9(11,12)13/h1-4H. The number of hydrogen-bond donors (Lipinski definition) is 0. The highest BCUT2D eigenvalue weighted by atomic mass is 32.2. The molecule has 1 aromatic carbocycles. The number of halogens is 4. The van der Waals surface area contributed by atoms with E-state index in [1.807, 2.05) is 0 Å². The third-order valence-corrected chi connectivity index (χ3v) is 2.95. The number of rotatable bonds is 2. The van der Waals surface area contributed by atoms with Gasteiger partial charge >= 0.3 is 15.6 Å². The van der Waals surface area contributed by atoms with Crippen LogP contribution in [-0.4, -0.2) is 13.9 Å². The number of alkyl halides is 3. The molecule has 0 bridgehead atoms. The Morgan fingerprint density at radius 2 is 1.89 bits per heavy atom. The molecule has 0 aliphatic rings. The van der Waals surface area contributed by atoms with E-state index in [0.29, 0.717) is 6.26 Å². The molecular formula is C9H4F4O4S. The zero-order valence-electron chi connectivity index (χ0n) is 8.36. The largest absolute Gasteiger partial charge is 0.534 e. The van der Waals surface area contributed by atoms with Crippen LogP contribution in [0.5, 0.6) is 5.75 Å². The highest BCUT2D eigenvalue weighted by molar-refractivity contribution is 7.88. The van der Waals surface area contributed by atoms with Crippen molar-refractivity contribution in [1.82, 2.24) is 0 Å². The Balaban J connectivity index is 2.45. The molecule has 98 valence electrons. The lowest BCUT2D eigenvalue weighted by Crippen LogP contribution is -2.27. The number of furan rings is 1. The molecule has 0 spiro atoms. The van der Waals surface area contributed by atoms with E-state index in [9.17, 15) is 26.0 Å². The minimum Gasteiger partial charge on any atom is -0.460 e. The lowest BCUT2D eigenvalue weighted by molar-refractivity contribution is -0.0499. The number of hydrogen-bond acceptors (Lipinski definition) is 4. The van der Waals surface area contributed by atoms with Gasteiger partial charge in [-0.15, -0.1) is 0 Å². The highest BCUT2D eigenvalue weighted by Gasteiger charge is 2.48. The first-order valence-electron chi connectivity index (χ1n) is 4.38. The van der Waals surface area contributed by atoms with Gasteiger partial charge in [0.25, 0.3) is 0 Å². The minimum atomic E-state index is -5.78. The Bertz CT molecular complexity index is 686. The van der Waals surface area contributed by atoms with E-state index in [0.717, 1.165) is 18.2 Å². The van der Waals surface area contributed by atoms with Crippen LogP contribution in [0.4, 0.5) is 17.6 Å². The van der Waals surface area contributed by atoms with Crippen LogP contribution < -0.4 is 4.18 Å². The van der Waals surface area contributed by atoms with Crippen LogP contribution >= 0.6 is 0 Å². The molecule has 0 unspecified atom stereocenters. The molecule has 0 saturated heterocycles. The van der Waals surface area contributed by atoms with E-state index in [-0.39, 0.29) is 11.0 Å². The van der Waals surface area contributed by atoms with Gasteiger partial charge in [0.05, 0.1) is 5.39 Å². The maximum atomic E-state index is 12.8. The van der Waals surface area contributed by atoms with Crippen molar-refractivity contribution in [1.29, 1.82) is 0 Å². The molecule has 0 amide bonds. The predicted molar refractivity (Wildman–Crippen MR) is 51.8 cm³/mol. The molecule has 0 radical (unpaired) electrons. The maximum Gasteiger partial charge on any atom is 0.534 e. The quantitative estimate of drug-likeness (QED) is 0.483. The average molecular weight is 284 g/mol. The fraction of sp³-hybridized carbons (Fsp3) is 0.111. The van der Waals surface area contributed by atoms with Crippen LogP contribution in [0.25, 0.3) is 11.0 Å². The van der Waals surface area contributed by atoms with Crippen molar-refractivity contribution in [3.63, 3.8) is 0 Å². The van der Waals surface area contributed by atoms with E-state index >= 15 is 0 Å². The van der Waals surface area contributed by atoms with Gasteiger partial charge in [0.1, 0.15) is 17.7 Å². The molecule has 4 nitrogen and oxygen atoms in total. The van der Waals surface area contributed by atoms with E-state index in [2.05, 4.69) is 4.18 Å². The van der Waals surface area contributed by atoms with Crippen molar-refractivity contribution in [2.24, 2.45) is 0 Å². The molecule has 0 saturated carbocycles. The molecule has 1 heterocycles. The number of benzene rings is 1. The van der Waals surface area contributed by atoms with Gasteiger partial charge in [-0.05, 0) is 12.1 Å². The Labute approximate surface area is 97.9 Å². The third kappa shape index (κ3) is 2.13. The van der Waals surface area contributed by atoms with Crippen LogP contribution in [0.1, 0.15) is 0 Å². The molecular weight excluding hydrogens is 280 g/mol. The summed E-state index contributed by atoms with van der Waals surface area (Å²) >= 11 is 0. The van der Waals surface area contributed by atoms with Crippen LogP contribution in [0.3, 0.4) is 0 Å². The molecule has 18 heavy (non-hydrogen) atoms. The Hall–Kier alpha value is -1.77. The van der Waals surface area contributed by atoms with Crippen molar-refractivity contribution >= 4 is 21.1 Å². The van der Waals surface area contributed by atoms with E-state index < -0.39 is 27.2 Å². The van der Waals surface area contributed by atoms with Crippen molar-refractivity contribution in [2.45, 2.75) is 5.51 Å². The smallest absolute Gasteiger partial charge is 0.460 e. The monoisotopic (exact) mass is 284 g/mol. The molecule has 2 rings (SSSR count). The molecule has 0 N–H and O–H groups in total. The lowest BCUT2D eigenvalue weighted by atomic mass is 10.2. The minimum absolute atomic E-state index is 0.0794. The fourth-order valence-electron chi connectivity index (χ4n) is 1.21. The second-order valence-electron chi connectivity index (χ2n) is 3.22. The second kappa shape index (κ2) is 3.87. The maximum absolute atomic E-state index is 12.8. The van der Waals surface area contributed by atoms with E-state index in [1.54, 1.807) is 0 Å². The van der Waals surface area contributed by atoms with Gasteiger partial charge in [-0.1, -0.05) is 0 Å². The van der Waals surface area contributed by atoms with E-state index in [4.69, 9.17) is 4.42 Å². The van der Waals surface area contributed by atoms with Gasteiger partial charge in [0, 0.05) is 6.07 Å². The molecule has 0 fully saturated rings. The molecule has 0 aliphatic carbocycles. The summed E-state index contributed by atoms with van der Waals surface area (Å²) in [6.07, 6.45) is 0.660. The normalized spacial score (nSPS) is 12.9. The first-order valence-corrected chi connectivity index (χ1v) is 5.79. The predicted octanol–water partition coefficient (Wildman–Crippen LogP) is 2.80. The zero-order chi connectivity index (χ0) is 13.6. The van der Waals surface area contributed by atoms with Crippen LogP contribution in [0.2, 0.25) is 0 Å². The van der Waals surface area contributed by atoms with Crippen LogP contribution in [0.15, 0.2) is 28.9 Å². The van der Waals surface area contributed by atoms with Crippen molar-refractivity contribution in [3.8, 4) is 5.75 Å². The van der Waals surface area contributed by atoms with Gasteiger partial charge < -0.3 is 8.60 Å². The Morgan fingerprint density at radius 1 is 1.22 bits per heavy atom. The van der Waals surface area contributed by atoms with Gasteiger partial charge in [-0.3, -0.25) is 0 Å².